The Hall–Kier alpha value is -1.12. The predicted octanol–water partition coefficient (Wildman–Crippen LogP) is 3.34. The maximum Gasteiger partial charge on any atom is 0.0702 e. The van der Waals surface area contributed by atoms with Crippen LogP contribution in [-0.2, 0) is 6.54 Å². The number of aromatic nitrogens is 1. The molecule has 2 nitrogen and oxygen atoms in total. The number of hydrogen-bond donors (Lipinski definition) is 1. The molecular formula is C14H17ClN2. The van der Waals surface area contributed by atoms with Crippen LogP contribution in [0.15, 0.2) is 36.5 Å². The number of nitrogens with zero attached hydrogens (tertiary/aromatic N) is 1. The molecule has 1 aromatic heterocycles. The molecule has 1 atom stereocenters. The number of nitrogens with one attached hydrogen (secondary N) is 1. The van der Waals surface area contributed by atoms with Crippen LogP contribution in [-0.4, -0.2) is 16.9 Å². The number of fused-ring (bicyclic) bond motifs is 1. The monoisotopic (exact) mass is 248 g/mol. The lowest BCUT2D eigenvalue weighted by Gasteiger charge is -2.08. The summed E-state index contributed by atoms with van der Waals surface area (Å²) in [6.07, 6.45) is 2.82. The molecular weight excluding hydrogens is 232 g/mol. The highest BCUT2D eigenvalue weighted by Crippen LogP contribution is 2.13. The summed E-state index contributed by atoms with van der Waals surface area (Å²) in [5.74, 6) is 0. The molecule has 1 unspecified atom stereocenters. The van der Waals surface area contributed by atoms with E-state index in [4.69, 9.17) is 11.6 Å². The average molecular weight is 249 g/mol. The summed E-state index contributed by atoms with van der Waals surface area (Å²) in [4.78, 5) is 4.30. The van der Waals surface area contributed by atoms with Gasteiger partial charge in [0.05, 0.1) is 5.52 Å². The number of pyridine rings is 1. The largest absolute Gasteiger partial charge is 0.311 e. The molecule has 0 saturated carbocycles. The van der Waals surface area contributed by atoms with Crippen molar-refractivity contribution in [3.05, 3.63) is 42.1 Å². The summed E-state index contributed by atoms with van der Waals surface area (Å²) in [6.45, 7) is 3.80. The second-order valence-electron chi connectivity index (χ2n) is 4.17. The summed E-state index contributed by atoms with van der Waals surface area (Å²) >= 11 is 6.05. The van der Waals surface area contributed by atoms with Gasteiger partial charge < -0.3 is 5.32 Å². The van der Waals surface area contributed by atoms with Crippen molar-refractivity contribution in [3.63, 3.8) is 0 Å². The van der Waals surface area contributed by atoms with Crippen molar-refractivity contribution >= 4 is 22.5 Å². The quantitative estimate of drug-likeness (QED) is 0.821. The van der Waals surface area contributed by atoms with Gasteiger partial charge in [-0.1, -0.05) is 19.1 Å². The van der Waals surface area contributed by atoms with Crippen molar-refractivity contribution in [2.24, 2.45) is 0 Å². The Morgan fingerprint density at radius 2 is 2.24 bits per heavy atom. The molecule has 0 spiro atoms. The maximum atomic E-state index is 6.05. The SMILES string of the molecule is CCC(Cl)CNCc1ccc2ncccc2c1. The number of benzene rings is 1. The number of rotatable bonds is 5. The Balaban J connectivity index is 1.99. The standard InChI is InChI=1S/C14H17ClN2/c1-2-13(15)10-16-9-11-5-6-14-12(8-11)4-3-7-17-14/h3-8,13,16H,2,9-10H2,1H3. The predicted molar refractivity (Wildman–Crippen MR) is 73.4 cm³/mol. The Labute approximate surface area is 107 Å². The van der Waals surface area contributed by atoms with Gasteiger partial charge >= 0.3 is 0 Å². The summed E-state index contributed by atoms with van der Waals surface area (Å²) < 4.78 is 0. The van der Waals surface area contributed by atoms with Crippen LogP contribution in [0, 0.1) is 0 Å². The molecule has 2 rings (SSSR count). The smallest absolute Gasteiger partial charge is 0.0702 e. The van der Waals surface area contributed by atoms with E-state index in [9.17, 15) is 0 Å². The minimum Gasteiger partial charge on any atom is -0.311 e. The third-order valence-corrected chi connectivity index (χ3v) is 3.27. The molecule has 0 fully saturated rings. The topological polar surface area (TPSA) is 24.9 Å². The summed E-state index contributed by atoms with van der Waals surface area (Å²) in [7, 11) is 0. The number of alkyl halides is 1. The van der Waals surface area contributed by atoms with Gasteiger partial charge in [0, 0.05) is 30.0 Å². The van der Waals surface area contributed by atoms with Crippen LogP contribution in [0.4, 0.5) is 0 Å². The van der Waals surface area contributed by atoms with Gasteiger partial charge in [0.15, 0.2) is 0 Å². The lowest BCUT2D eigenvalue weighted by molar-refractivity contribution is 0.648. The maximum absolute atomic E-state index is 6.05. The first-order valence-electron chi connectivity index (χ1n) is 5.98. The molecule has 17 heavy (non-hydrogen) atoms. The summed E-state index contributed by atoms with van der Waals surface area (Å²) in [6, 6.07) is 10.4. The van der Waals surface area contributed by atoms with E-state index >= 15 is 0 Å². The second-order valence-corrected chi connectivity index (χ2v) is 4.78. The van der Waals surface area contributed by atoms with Crippen molar-refractivity contribution < 1.29 is 0 Å². The van der Waals surface area contributed by atoms with E-state index in [-0.39, 0.29) is 5.38 Å². The fraction of sp³-hybridized carbons (Fsp3) is 0.357. The first-order valence-corrected chi connectivity index (χ1v) is 6.41. The van der Waals surface area contributed by atoms with Crippen molar-refractivity contribution in [1.82, 2.24) is 10.3 Å². The highest BCUT2D eigenvalue weighted by atomic mass is 35.5. The molecule has 1 N–H and O–H groups in total. The van der Waals surface area contributed by atoms with Crippen LogP contribution in [0.5, 0.6) is 0 Å². The van der Waals surface area contributed by atoms with Crippen molar-refractivity contribution in [3.8, 4) is 0 Å². The molecule has 1 heterocycles. The second kappa shape index (κ2) is 5.99. The molecule has 0 radical (unpaired) electrons. The van der Waals surface area contributed by atoms with E-state index in [0.717, 1.165) is 25.0 Å². The third kappa shape index (κ3) is 3.42. The molecule has 1 aromatic carbocycles. The fourth-order valence-corrected chi connectivity index (χ4v) is 1.86. The van der Waals surface area contributed by atoms with Crippen molar-refractivity contribution in [1.29, 1.82) is 0 Å². The molecule has 3 heteroatoms. The highest BCUT2D eigenvalue weighted by Gasteiger charge is 2.01. The van der Waals surface area contributed by atoms with Gasteiger partial charge in [-0.05, 0) is 30.2 Å². The van der Waals surface area contributed by atoms with Gasteiger partial charge in [-0.2, -0.15) is 0 Å². The summed E-state index contributed by atoms with van der Waals surface area (Å²) in [5, 5.41) is 4.77. The lowest BCUT2D eigenvalue weighted by Crippen LogP contribution is -2.22. The van der Waals surface area contributed by atoms with E-state index in [2.05, 4.69) is 41.5 Å². The van der Waals surface area contributed by atoms with Gasteiger partial charge in [-0.3, -0.25) is 4.98 Å². The first-order chi connectivity index (χ1) is 8.29. The molecule has 0 bridgehead atoms. The van der Waals surface area contributed by atoms with Crippen LogP contribution in [0.1, 0.15) is 18.9 Å². The van der Waals surface area contributed by atoms with Crippen LogP contribution < -0.4 is 5.32 Å². The minimum atomic E-state index is 0.220. The van der Waals surface area contributed by atoms with Crippen LogP contribution in [0.3, 0.4) is 0 Å². The average Bonchev–Trinajstić information content (AvgIpc) is 2.38. The molecule has 0 saturated heterocycles. The Morgan fingerprint density at radius 3 is 3.06 bits per heavy atom. The van der Waals surface area contributed by atoms with Gasteiger partial charge in [0.2, 0.25) is 0 Å². The van der Waals surface area contributed by atoms with Gasteiger partial charge in [0.1, 0.15) is 0 Å². The molecule has 0 aliphatic rings. The van der Waals surface area contributed by atoms with Crippen LogP contribution >= 0.6 is 11.6 Å². The van der Waals surface area contributed by atoms with E-state index in [1.165, 1.54) is 10.9 Å². The number of hydrogen-bond acceptors (Lipinski definition) is 2. The van der Waals surface area contributed by atoms with E-state index in [0.29, 0.717) is 0 Å². The van der Waals surface area contributed by atoms with Gasteiger partial charge in [-0.15, -0.1) is 11.6 Å². The van der Waals surface area contributed by atoms with Gasteiger partial charge in [-0.25, -0.2) is 0 Å². The zero-order valence-corrected chi connectivity index (χ0v) is 10.7. The zero-order chi connectivity index (χ0) is 12.1. The van der Waals surface area contributed by atoms with E-state index in [1.807, 2.05) is 12.3 Å². The fourth-order valence-electron chi connectivity index (χ4n) is 1.75. The summed E-state index contributed by atoms with van der Waals surface area (Å²) in [5.41, 5.74) is 2.31. The third-order valence-electron chi connectivity index (χ3n) is 2.81. The Bertz CT molecular complexity index is 484. The zero-order valence-electron chi connectivity index (χ0n) is 9.99. The molecule has 0 amide bonds. The normalized spacial score (nSPS) is 12.8. The molecule has 2 aromatic rings. The first kappa shape index (κ1) is 12.3. The van der Waals surface area contributed by atoms with Crippen LogP contribution in [0.25, 0.3) is 10.9 Å². The molecule has 0 aliphatic heterocycles. The van der Waals surface area contributed by atoms with Crippen molar-refractivity contribution in [2.45, 2.75) is 25.3 Å². The highest BCUT2D eigenvalue weighted by molar-refractivity contribution is 6.20. The molecule has 0 aliphatic carbocycles. The van der Waals surface area contributed by atoms with Crippen molar-refractivity contribution in [2.75, 3.05) is 6.54 Å². The van der Waals surface area contributed by atoms with E-state index < -0.39 is 0 Å². The van der Waals surface area contributed by atoms with Crippen LogP contribution in [0.2, 0.25) is 0 Å². The Kier molecular flexibility index (Phi) is 4.35. The van der Waals surface area contributed by atoms with Gasteiger partial charge in [0.25, 0.3) is 0 Å². The Morgan fingerprint density at radius 1 is 1.35 bits per heavy atom. The molecule has 90 valence electrons. The number of halogens is 1. The van der Waals surface area contributed by atoms with E-state index in [1.54, 1.807) is 0 Å². The minimum absolute atomic E-state index is 0.220. The lowest BCUT2D eigenvalue weighted by atomic mass is 10.1.